The van der Waals surface area contributed by atoms with E-state index in [1.165, 1.54) is 0 Å². The summed E-state index contributed by atoms with van der Waals surface area (Å²) in [7, 11) is 0. The largest absolute Gasteiger partial charge is 0.342 e. The molecule has 1 amide bonds. The summed E-state index contributed by atoms with van der Waals surface area (Å²) in [6.45, 7) is 12.6. The van der Waals surface area contributed by atoms with E-state index in [0.29, 0.717) is 18.9 Å². The highest BCUT2D eigenvalue weighted by Crippen LogP contribution is 2.17. The van der Waals surface area contributed by atoms with E-state index in [-0.39, 0.29) is 11.3 Å². The van der Waals surface area contributed by atoms with Crippen LogP contribution in [0.4, 0.5) is 0 Å². The van der Waals surface area contributed by atoms with E-state index in [1.54, 1.807) is 0 Å². The summed E-state index contributed by atoms with van der Waals surface area (Å²) in [5.74, 6) is 0.737. The second kappa shape index (κ2) is 6.89. The van der Waals surface area contributed by atoms with E-state index in [9.17, 15) is 4.79 Å². The van der Waals surface area contributed by atoms with Crippen molar-refractivity contribution < 1.29 is 4.79 Å². The molecule has 0 saturated carbocycles. The molecular weight excluding hydrogens is 200 g/mol. The maximum absolute atomic E-state index is 12.0. The highest BCUT2D eigenvalue weighted by Gasteiger charge is 2.23. The van der Waals surface area contributed by atoms with Gasteiger partial charge in [0.15, 0.2) is 0 Å². The summed E-state index contributed by atoms with van der Waals surface area (Å²) in [6, 6.07) is 0. The highest BCUT2D eigenvalue weighted by molar-refractivity contribution is 5.76. The van der Waals surface area contributed by atoms with Gasteiger partial charge in [0, 0.05) is 19.5 Å². The van der Waals surface area contributed by atoms with Gasteiger partial charge in [0.1, 0.15) is 0 Å². The number of hydrogen-bond acceptors (Lipinski definition) is 2. The van der Waals surface area contributed by atoms with Gasteiger partial charge in [-0.15, -0.1) is 0 Å². The minimum absolute atomic E-state index is 0.0150. The number of carbonyl (C=O) groups is 1. The molecule has 0 heterocycles. The lowest BCUT2D eigenvalue weighted by Gasteiger charge is -2.31. The summed E-state index contributed by atoms with van der Waals surface area (Å²) in [5.41, 5.74) is 5.71. The van der Waals surface area contributed by atoms with Gasteiger partial charge in [-0.2, -0.15) is 0 Å². The summed E-state index contributed by atoms with van der Waals surface area (Å²) in [5, 5.41) is 0. The predicted molar refractivity (Wildman–Crippen MR) is 69.2 cm³/mol. The van der Waals surface area contributed by atoms with Gasteiger partial charge < -0.3 is 10.6 Å². The summed E-state index contributed by atoms with van der Waals surface area (Å²) < 4.78 is 0. The Morgan fingerprint density at radius 2 is 1.94 bits per heavy atom. The van der Waals surface area contributed by atoms with Crippen LogP contribution in [-0.4, -0.2) is 30.4 Å². The Hall–Kier alpha value is -0.570. The van der Waals surface area contributed by atoms with Gasteiger partial charge in [0.05, 0.1) is 0 Å². The summed E-state index contributed by atoms with van der Waals surface area (Å²) >= 11 is 0. The number of amides is 1. The number of hydrogen-bond donors (Lipinski definition) is 1. The Morgan fingerprint density at radius 3 is 2.31 bits per heavy atom. The van der Waals surface area contributed by atoms with E-state index in [2.05, 4.69) is 27.7 Å². The number of nitrogens with zero attached hydrogens (tertiary/aromatic N) is 1. The minimum atomic E-state index is 0.0150. The quantitative estimate of drug-likeness (QED) is 0.726. The second-order valence-corrected chi connectivity index (χ2v) is 5.49. The van der Waals surface area contributed by atoms with Crippen LogP contribution in [0.5, 0.6) is 0 Å². The molecule has 16 heavy (non-hydrogen) atoms. The van der Waals surface area contributed by atoms with Crippen molar-refractivity contribution in [1.29, 1.82) is 0 Å². The molecule has 3 nitrogen and oxygen atoms in total. The SMILES string of the molecule is CCC(C)CC(=O)N(CC)CC(C)(C)CN. The molecule has 0 rings (SSSR count). The third-order valence-corrected chi connectivity index (χ3v) is 3.13. The maximum Gasteiger partial charge on any atom is 0.222 e. The fraction of sp³-hybridized carbons (Fsp3) is 0.923. The molecule has 3 heteroatoms. The third kappa shape index (κ3) is 5.50. The molecule has 0 radical (unpaired) electrons. The topological polar surface area (TPSA) is 46.3 Å². The molecular formula is C13H28N2O. The molecule has 0 fully saturated rings. The van der Waals surface area contributed by atoms with Crippen LogP contribution in [0.3, 0.4) is 0 Å². The first-order valence-electron chi connectivity index (χ1n) is 6.34. The van der Waals surface area contributed by atoms with Gasteiger partial charge in [-0.1, -0.05) is 34.1 Å². The maximum atomic E-state index is 12.0. The van der Waals surface area contributed by atoms with Crippen LogP contribution in [0.2, 0.25) is 0 Å². The van der Waals surface area contributed by atoms with Crippen molar-refractivity contribution in [3.05, 3.63) is 0 Å². The van der Waals surface area contributed by atoms with Gasteiger partial charge in [0.25, 0.3) is 0 Å². The average Bonchev–Trinajstić information content (AvgIpc) is 2.25. The lowest BCUT2D eigenvalue weighted by atomic mass is 9.92. The predicted octanol–water partition coefficient (Wildman–Crippen LogP) is 2.26. The third-order valence-electron chi connectivity index (χ3n) is 3.13. The molecule has 0 aliphatic heterocycles. The Kier molecular flexibility index (Phi) is 6.65. The number of nitrogens with two attached hydrogens (primary N) is 1. The number of carbonyl (C=O) groups excluding carboxylic acids is 1. The lowest BCUT2D eigenvalue weighted by Crippen LogP contribution is -2.42. The van der Waals surface area contributed by atoms with Crippen molar-refractivity contribution in [2.45, 2.75) is 47.5 Å². The zero-order valence-corrected chi connectivity index (χ0v) is 11.5. The van der Waals surface area contributed by atoms with E-state index < -0.39 is 0 Å². The van der Waals surface area contributed by atoms with Crippen LogP contribution in [0.15, 0.2) is 0 Å². The first-order valence-corrected chi connectivity index (χ1v) is 6.34. The normalized spacial score (nSPS) is 13.6. The number of rotatable bonds is 7. The van der Waals surface area contributed by atoms with Gasteiger partial charge in [-0.3, -0.25) is 4.79 Å². The average molecular weight is 228 g/mol. The molecule has 1 unspecified atom stereocenters. The standard InChI is InChI=1S/C13H28N2O/c1-6-11(3)8-12(16)15(7-2)10-13(4,5)9-14/h11H,6-10,14H2,1-5H3. The summed E-state index contributed by atoms with van der Waals surface area (Å²) in [4.78, 5) is 14.0. The van der Waals surface area contributed by atoms with Crippen LogP contribution in [0.1, 0.15) is 47.5 Å². The molecule has 0 aromatic carbocycles. The first-order chi connectivity index (χ1) is 7.36. The second-order valence-electron chi connectivity index (χ2n) is 5.49. The van der Waals surface area contributed by atoms with Crippen LogP contribution >= 0.6 is 0 Å². The van der Waals surface area contributed by atoms with Crippen LogP contribution in [0.25, 0.3) is 0 Å². The molecule has 2 N–H and O–H groups in total. The van der Waals surface area contributed by atoms with E-state index in [1.807, 2.05) is 11.8 Å². The van der Waals surface area contributed by atoms with Crippen molar-refractivity contribution in [2.24, 2.45) is 17.1 Å². The Labute approximate surface area is 100 Å². The Morgan fingerprint density at radius 1 is 1.38 bits per heavy atom. The fourth-order valence-corrected chi connectivity index (χ4v) is 1.53. The first kappa shape index (κ1) is 15.4. The lowest BCUT2D eigenvalue weighted by molar-refractivity contribution is -0.133. The molecule has 0 bridgehead atoms. The molecule has 0 aromatic heterocycles. The Bertz CT molecular complexity index is 214. The van der Waals surface area contributed by atoms with Crippen LogP contribution in [-0.2, 0) is 4.79 Å². The van der Waals surface area contributed by atoms with Gasteiger partial charge in [-0.25, -0.2) is 0 Å². The van der Waals surface area contributed by atoms with Gasteiger partial charge in [-0.05, 0) is 24.8 Å². The highest BCUT2D eigenvalue weighted by atomic mass is 16.2. The van der Waals surface area contributed by atoms with Crippen molar-refractivity contribution in [2.75, 3.05) is 19.6 Å². The molecule has 0 aliphatic rings. The molecule has 0 spiro atoms. The fourth-order valence-electron chi connectivity index (χ4n) is 1.53. The smallest absolute Gasteiger partial charge is 0.222 e. The zero-order chi connectivity index (χ0) is 12.8. The zero-order valence-electron chi connectivity index (χ0n) is 11.5. The van der Waals surface area contributed by atoms with Crippen molar-refractivity contribution >= 4 is 5.91 Å². The van der Waals surface area contributed by atoms with Crippen LogP contribution in [0, 0.1) is 11.3 Å². The molecule has 0 saturated heterocycles. The minimum Gasteiger partial charge on any atom is -0.342 e. The molecule has 0 aromatic rings. The van der Waals surface area contributed by atoms with E-state index in [0.717, 1.165) is 19.5 Å². The molecule has 1 atom stereocenters. The van der Waals surface area contributed by atoms with Gasteiger partial charge >= 0.3 is 0 Å². The van der Waals surface area contributed by atoms with E-state index in [4.69, 9.17) is 5.73 Å². The van der Waals surface area contributed by atoms with E-state index >= 15 is 0 Å². The van der Waals surface area contributed by atoms with Crippen LogP contribution < -0.4 is 5.73 Å². The van der Waals surface area contributed by atoms with Crippen molar-refractivity contribution in [3.8, 4) is 0 Å². The molecule has 0 aliphatic carbocycles. The summed E-state index contributed by atoms with van der Waals surface area (Å²) in [6.07, 6.45) is 1.72. The Balaban J connectivity index is 4.33. The monoisotopic (exact) mass is 228 g/mol. The van der Waals surface area contributed by atoms with Crippen molar-refractivity contribution in [1.82, 2.24) is 4.90 Å². The molecule has 96 valence electrons. The van der Waals surface area contributed by atoms with Gasteiger partial charge in [0.2, 0.25) is 5.91 Å². The van der Waals surface area contributed by atoms with Crippen molar-refractivity contribution in [3.63, 3.8) is 0 Å².